The zero-order valence-electron chi connectivity index (χ0n) is 18.8. The lowest BCUT2D eigenvalue weighted by Gasteiger charge is -2.26. The second kappa shape index (κ2) is 12.8. The number of ether oxygens (including phenoxy) is 3. The van der Waals surface area contributed by atoms with E-state index in [9.17, 15) is 14.4 Å². The third-order valence-electron chi connectivity index (χ3n) is 5.22. The average Bonchev–Trinajstić information content (AvgIpc) is 2.80. The summed E-state index contributed by atoms with van der Waals surface area (Å²) >= 11 is 0. The van der Waals surface area contributed by atoms with E-state index in [1.54, 1.807) is 6.07 Å². The van der Waals surface area contributed by atoms with E-state index >= 15 is 0 Å². The van der Waals surface area contributed by atoms with Crippen LogP contribution in [0.2, 0.25) is 0 Å². The molecule has 1 fully saturated rings. The van der Waals surface area contributed by atoms with E-state index in [0.717, 1.165) is 45.2 Å². The molecule has 1 saturated heterocycles. The minimum absolute atomic E-state index is 0.0610. The molecule has 1 aliphatic rings. The van der Waals surface area contributed by atoms with Gasteiger partial charge in [0.25, 0.3) is 11.8 Å². The number of nitrogens with one attached hydrogen (secondary N) is 1. The summed E-state index contributed by atoms with van der Waals surface area (Å²) in [6.45, 7) is 7.25. The smallest absolute Gasteiger partial charge is 0.338 e. The topological polar surface area (TPSA) is 94.2 Å². The third-order valence-corrected chi connectivity index (χ3v) is 5.22. The largest absolute Gasteiger partial charge is 0.490 e. The van der Waals surface area contributed by atoms with Crippen molar-refractivity contribution in [3.63, 3.8) is 0 Å². The minimum atomic E-state index is -0.628. The summed E-state index contributed by atoms with van der Waals surface area (Å²) < 4.78 is 16.4. The summed E-state index contributed by atoms with van der Waals surface area (Å²) in [6.07, 6.45) is 4.81. The van der Waals surface area contributed by atoms with Crippen LogP contribution >= 0.6 is 0 Å². The van der Waals surface area contributed by atoms with E-state index in [2.05, 4.69) is 5.32 Å². The Kier molecular flexibility index (Phi) is 10.1. The van der Waals surface area contributed by atoms with Crippen LogP contribution in [0.4, 0.5) is 0 Å². The quantitative estimate of drug-likeness (QED) is 0.538. The van der Waals surface area contributed by atoms with E-state index in [0.29, 0.717) is 18.1 Å². The maximum absolute atomic E-state index is 12.4. The van der Waals surface area contributed by atoms with Crippen molar-refractivity contribution in [2.45, 2.75) is 58.9 Å². The summed E-state index contributed by atoms with van der Waals surface area (Å²) in [5, 5.41) is 2.82. The van der Waals surface area contributed by atoms with Crippen molar-refractivity contribution < 1.29 is 28.6 Å². The Balaban J connectivity index is 1.94. The number of rotatable bonds is 11. The van der Waals surface area contributed by atoms with E-state index in [-0.39, 0.29) is 36.6 Å². The molecule has 0 aliphatic carbocycles. The zero-order valence-corrected chi connectivity index (χ0v) is 18.8. The highest BCUT2D eigenvalue weighted by atomic mass is 16.5. The molecule has 1 heterocycles. The fraction of sp³-hybridized carbons (Fsp3) is 0.609. The molecule has 31 heavy (non-hydrogen) atoms. The number of carbonyl (C=O) groups is 3. The molecule has 0 spiro atoms. The number of amides is 2. The summed E-state index contributed by atoms with van der Waals surface area (Å²) in [5.74, 6) is -0.283. The normalized spacial score (nSPS) is 13.6. The molecule has 0 atom stereocenters. The molecule has 1 aliphatic heterocycles. The first kappa shape index (κ1) is 24.5. The van der Waals surface area contributed by atoms with Crippen LogP contribution in [0.5, 0.6) is 11.5 Å². The van der Waals surface area contributed by atoms with Gasteiger partial charge in [-0.2, -0.15) is 0 Å². The average molecular weight is 435 g/mol. The lowest BCUT2D eigenvalue weighted by molar-refractivity contribution is -0.134. The van der Waals surface area contributed by atoms with Crippen molar-refractivity contribution >= 4 is 17.8 Å². The van der Waals surface area contributed by atoms with E-state index in [4.69, 9.17) is 14.2 Å². The van der Waals surface area contributed by atoms with Gasteiger partial charge in [-0.3, -0.25) is 9.59 Å². The Bertz CT molecular complexity index is 742. The number of hydrogen-bond acceptors (Lipinski definition) is 6. The van der Waals surface area contributed by atoms with Gasteiger partial charge in [0, 0.05) is 19.1 Å². The minimum Gasteiger partial charge on any atom is -0.490 e. The van der Waals surface area contributed by atoms with Crippen molar-refractivity contribution in [1.82, 2.24) is 10.2 Å². The fourth-order valence-electron chi connectivity index (χ4n) is 3.37. The molecular formula is C23H34N2O6. The second-order valence-electron chi connectivity index (χ2n) is 7.48. The fourth-order valence-corrected chi connectivity index (χ4v) is 3.37. The SMILES string of the molecule is CCOc1cc(C(=O)OCC(=O)NC(CC)CC)ccc1OCC(=O)N1CCCCC1. The second-order valence-corrected chi connectivity index (χ2v) is 7.48. The van der Waals surface area contributed by atoms with Crippen LogP contribution in [0.1, 0.15) is 63.2 Å². The van der Waals surface area contributed by atoms with Gasteiger partial charge < -0.3 is 24.4 Å². The Hall–Kier alpha value is -2.77. The monoisotopic (exact) mass is 434 g/mol. The summed E-state index contributed by atoms with van der Waals surface area (Å²) in [6, 6.07) is 4.69. The van der Waals surface area contributed by atoms with Crippen molar-refractivity contribution in [1.29, 1.82) is 0 Å². The van der Waals surface area contributed by atoms with Crippen LogP contribution in [0.25, 0.3) is 0 Å². The summed E-state index contributed by atoms with van der Waals surface area (Å²) in [4.78, 5) is 38.4. The Morgan fingerprint density at radius 1 is 0.968 bits per heavy atom. The molecule has 0 saturated carbocycles. The first-order valence-electron chi connectivity index (χ1n) is 11.1. The highest BCUT2D eigenvalue weighted by Crippen LogP contribution is 2.29. The molecular weight excluding hydrogens is 400 g/mol. The van der Waals surface area contributed by atoms with Crippen LogP contribution < -0.4 is 14.8 Å². The van der Waals surface area contributed by atoms with Gasteiger partial charge in [-0.1, -0.05) is 13.8 Å². The summed E-state index contributed by atoms with van der Waals surface area (Å²) in [7, 11) is 0. The number of nitrogens with zero attached hydrogens (tertiary/aromatic N) is 1. The first-order valence-corrected chi connectivity index (χ1v) is 11.1. The maximum Gasteiger partial charge on any atom is 0.338 e. The lowest BCUT2D eigenvalue weighted by Crippen LogP contribution is -2.38. The summed E-state index contributed by atoms with van der Waals surface area (Å²) in [5.41, 5.74) is 0.244. The molecule has 8 heteroatoms. The van der Waals surface area contributed by atoms with Gasteiger partial charge in [0.2, 0.25) is 0 Å². The molecule has 172 valence electrons. The van der Waals surface area contributed by atoms with Crippen molar-refractivity contribution in [2.24, 2.45) is 0 Å². The Labute approximate surface area is 184 Å². The van der Waals surface area contributed by atoms with E-state index < -0.39 is 5.97 Å². The van der Waals surface area contributed by atoms with Crippen molar-refractivity contribution in [3.05, 3.63) is 23.8 Å². The molecule has 2 rings (SSSR count). The molecule has 0 unspecified atom stereocenters. The number of esters is 1. The van der Waals surface area contributed by atoms with Crippen LogP contribution in [-0.4, -0.2) is 61.6 Å². The number of hydrogen-bond donors (Lipinski definition) is 1. The van der Waals surface area contributed by atoms with E-state index in [1.165, 1.54) is 12.1 Å². The van der Waals surface area contributed by atoms with Gasteiger partial charge in [0.15, 0.2) is 24.7 Å². The number of benzene rings is 1. The van der Waals surface area contributed by atoms with Gasteiger partial charge >= 0.3 is 5.97 Å². The van der Waals surface area contributed by atoms with E-state index in [1.807, 2.05) is 25.7 Å². The molecule has 0 aromatic heterocycles. The predicted molar refractivity (Wildman–Crippen MR) is 116 cm³/mol. The molecule has 1 N–H and O–H groups in total. The van der Waals surface area contributed by atoms with Gasteiger partial charge in [-0.05, 0) is 57.2 Å². The van der Waals surface area contributed by atoms with Crippen LogP contribution in [0.3, 0.4) is 0 Å². The Morgan fingerprint density at radius 3 is 2.32 bits per heavy atom. The highest BCUT2D eigenvalue weighted by Gasteiger charge is 2.19. The van der Waals surface area contributed by atoms with Crippen LogP contribution in [0.15, 0.2) is 18.2 Å². The number of carbonyl (C=O) groups excluding carboxylic acids is 3. The third kappa shape index (κ3) is 7.77. The molecule has 0 radical (unpaired) electrons. The molecule has 8 nitrogen and oxygen atoms in total. The van der Waals surface area contributed by atoms with Crippen molar-refractivity contribution in [3.8, 4) is 11.5 Å². The van der Waals surface area contributed by atoms with Gasteiger partial charge in [0.1, 0.15) is 0 Å². The van der Waals surface area contributed by atoms with Gasteiger partial charge in [0.05, 0.1) is 12.2 Å². The predicted octanol–water partition coefficient (Wildman–Crippen LogP) is 2.94. The van der Waals surface area contributed by atoms with Crippen molar-refractivity contribution in [2.75, 3.05) is 32.9 Å². The molecule has 0 bridgehead atoms. The Morgan fingerprint density at radius 2 is 1.68 bits per heavy atom. The molecule has 1 aromatic carbocycles. The first-order chi connectivity index (χ1) is 15.0. The molecule has 1 aromatic rings. The number of likely N-dealkylation sites (tertiary alicyclic amines) is 1. The number of piperidine rings is 1. The van der Waals surface area contributed by atoms with Gasteiger partial charge in [-0.15, -0.1) is 0 Å². The zero-order chi connectivity index (χ0) is 22.6. The highest BCUT2D eigenvalue weighted by molar-refractivity contribution is 5.92. The van der Waals surface area contributed by atoms with Crippen LogP contribution in [0, 0.1) is 0 Å². The molecule has 2 amide bonds. The van der Waals surface area contributed by atoms with Crippen LogP contribution in [-0.2, 0) is 14.3 Å². The van der Waals surface area contributed by atoms with Gasteiger partial charge in [-0.25, -0.2) is 4.79 Å². The lowest BCUT2D eigenvalue weighted by atomic mass is 10.1. The standard InChI is InChI=1S/C23H34N2O6/c1-4-18(5-2)24-21(26)15-31-23(28)17-10-11-19(20(14-17)29-6-3)30-16-22(27)25-12-8-7-9-13-25/h10-11,14,18H,4-9,12-13,15-16H2,1-3H3,(H,24,26). The maximum atomic E-state index is 12.4.